The van der Waals surface area contributed by atoms with E-state index in [2.05, 4.69) is 0 Å². The molecule has 132 valence electrons. The fourth-order valence-electron chi connectivity index (χ4n) is 2.59. The molecule has 1 saturated heterocycles. The lowest BCUT2D eigenvalue weighted by atomic mass is 9.97. The molecule has 1 aromatic carbocycles. The molecule has 1 aliphatic heterocycles. The van der Waals surface area contributed by atoms with E-state index in [0.29, 0.717) is 31.5 Å². The highest BCUT2D eigenvalue weighted by atomic mass is 31.1. The van der Waals surface area contributed by atoms with Crippen molar-refractivity contribution in [2.45, 2.75) is 25.2 Å². The molecule has 0 aliphatic carbocycles. The molecule has 9 nitrogen and oxygen atoms in total. The monoisotopic (exact) mass is 357 g/mol. The van der Waals surface area contributed by atoms with Gasteiger partial charge < -0.3 is 20.3 Å². The number of carbonyl (C=O) groups is 1. The van der Waals surface area contributed by atoms with E-state index in [1.165, 1.54) is 29.2 Å². The molecule has 0 saturated carbocycles. The highest BCUT2D eigenvalue weighted by Gasteiger charge is 2.29. The number of likely N-dealkylation sites (tertiary alicyclic amines) is 1. The summed E-state index contributed by atoms with van der Waals surface area (Å²) in [7, 11) is -2.76. The lowest BCUT2D eigenvalue weighted by Crippen LogP contribution is -2.42. The van der Waals surface area contributed by atoms with Crippen molar-refractivity contribution in [3.05, 3.63) is 39.9 Å². The van der Waals surface area contributed by atoms with Crippen LogP contribution in [-0.2, 0) is 15.9 Å². The van der Waals surface area contributed by atoms with E-state index in [1.807, 2.05) is 0 Å². The first-order valence-electron chi connectivity index (χ1n) is 7.52. The van der Waals surface area contributed by atoms with Crippen LogP contribution in [0.5, 0.6) is 0 Å². The van der Waals surface area contributed by atoms with Crippen LogP contribution in [0.3, 0.4) is 0 Å². The number of hydrogen-bond donors (Lipinski definition) is 2. The van der Waals surface area contributed by atoms with Gasteiger partial charge in [0.15, 0.2) is 0 Å². The van der Waals surface area contributed by atoms with Crippen LogP contribution in [0.2, 0.25) is 0 Å². The Kier molecular flexibility index (Phi) is 6.30. The number of rotatable bonds is 5. The quantitative estimate of drug-likeness (QED) is 0.465. The van der Waals surface area contributed by atoms with Crippen LogP contribution in [0, 0.1) is 16.0 Å². The van der Waals surface area contributed by atoms with Gasteiger partial charge in [0.05, 0.1) is 10.7 Å². The molecule has 1 amide bonds. The molecule has 10 heteroatoms. The standard InChI is InChI=1S/C14H20N3O6P/c15-13(24(21)22)11-5-7-16(8-6-11)14(18)23-9-10-1-3-12(4-2-10)17(19)20/h1-4,11,13,24H,5-9,15H2,(H,21,22). The number of piperidine rings is 1. The Morgan fingerprint density at radius 3 is 2.50 bits per heavy atom. The third-order valence-corrected chi connectivity index (χ3v) is 5.14. The van der Waals surface area contributed by atoms with Gasteiger partial charge in [-0.05, 0) is 36.5 Å². The van der Waals surface area contributed by atoms with Gasteiger partial charge in [-0.2, -0.15) is 0 Å². The summed E-state index contributed by atoms with van der Waals surface area (Å²) in [5.74, 6) is -0.798. The van der Waals surface area contributed by atoms with Gasteiger partial charge in [-0.3, -0.25) is 14.7 Å². The summed E-state index contributed by atoms with van der Waals surface area (Å²) < 4.78 is 16.2. The number of nitrogens with two attached hydrogens (primary N) is 1. The maximum Gasteiger partial charge on any atom is 0.410 e. The maximum absolute atomic E-state index is 12.0. The van der Waals surface area contributed by atoms with E-state index in [0.717, 1.165) is 0 Å². The minimum Gasteiger partial charge on any atom is -0.445 e. The van der Waals surface area contributed by atoms with Crippen molar-refractivity contribution in [1.29, 1.82) is 0 Å². The SMILES string of the molecule is NC(C1CCN(C(=O)OCc2ccc([N+](=O)[O-])cc2)CC1)[PH](=O)O. The number of nitro benzene ring substituents is 1. The summed E-state index contributed by atoms with van der Waals surface area (Å²) in [4.78, 5) is 32.7. The van der Waals surface area contributed by atoms with Gasteiger partial charge >= 0.3 is 6.09 Å². The van der Waals surface area contributed by atoms with E-state index in [1.54, 1.807) is 0 Å². The summed E-state index contributed by atoms with van der Waals surface area (Å²) in [6, 6.07) is 5.78. The third kappa shape index (κ3) is 4.77. The Balaban J connectivity index is 1.79. The zero-order chi connectivity index (χ0) is 17.7. The van der Waals surface area contributed by atoms with E-state index < -0.39 is 24.8 Å². The van der Waals surface area contributed by atoms with Crippen LogP contribution in [-0.4, -0.2) is 39.7 Å². The molecule has 0 bridgehead atoms. The van der Waals surface area contributed by atoms with Crippen molar-refractivity contribution in [3.63, 3.8) is 0 Å². The normalized spacial score (nSPS) is 18.0. The molecule has 1 aromatic rings. The van der Waals surface area contributed by atoms with Gasteiger partial charge in [-0.25, -0.2) is 4.79 Å². The number of non-ortho nitro benzene ring substituents is 1. The minimum atomic E-state index is -2.76. The minimum absolute atomic E-state index is 0.0216. The van der Waals surface area contributed by atoms with E-state index in [4.69, 9.17) is 15.4 Å². The van der Waals surface area contributed by atoms with Gasteiger partial charge in [-0.15, -0.1) is 0 Å². The topological polar surface area (TPSA) is 136 Å². The zero-order valence-electron chi connectivity index (χ0n) is 13.0. The van der Waals surface area contributed by atoms with Gasteiger partial charge in [0.2, 0.25) is 8.03 Å². The van der Waals surface area contributed by atoms with E-state index in [9.17, 15) is 19.5 Å². The molecule has 24 heavy (non-hydrogen) atoms. The molecular weight excluding hydrogens is 337 g/mol. The van der Waals surface area contributed by atoms with Crippen molar-refractivity contribution in [1.82, 2.24) is 4.90 Å². The second-order valence-corrected chi connectivity index (χ2v) is 7.01. The number of carbonyl (C=O) groups excluding carboxylic acids is 1. The predicted octanol–water partition coefficient (Wildman–Crippen LogP) is 1.70. The Morgan fingerprint density at radius 2 is 2.00 bits per heavy atom. The number of nitrogens with zero attached hydrogens (tertiary/aromatic N) is 2. The lowest BCUT2D eigenvalue weighted by Gasteiger charge is -2.33. The lowest BCUT2D eigenvalue weighted by molar-refractivity contribution is -0.384. The molecule has 0 radical (unpaired) electrons. The molecule has 2 rings (SSSR count). The molecule has 1 heterocycles. The zero-order valence-corrected chi connectivity index (χ0v) is 14.0. The maximum atomic E-state index is 12.0. The van der Waals surface area contributed by atoms with Crippen LogP contribution in [0.4, 0.5) is 10.5 Å². The van der Waals surface area contributed by atoms with Crippen LogP contribution >= 0.6 is 8.03 Å². The third-order valence-electron chi connectivity index (χ3n) is 4.10. The van der Waals surface area contributed by atoms with Crippen LogP contribution in [0.15, 0.2) is 24.3 Å². The molecule has 3 N–H and O–H groups in total. The molecule has 2 atom stereocenters. The Labute approximate surface area is 139 Å². The van der Waals surface area contributed by atoms with E-state index >= 15 is 0 Å². The van der Waals surface area contributed by atoms with Gasteiger partial charge in [0.1, 0.15) is 6.61 Å². The molecular formula is C14H20N3O6P. The van der Waals surface area contributed by atoms with Gasteiger partial charge in [0, 0.05) is 25.2 Å². The first-order chi connectivity index (χ1) is 11.4. The fourth-order valence-corrected chi connectivity index (χ4v) is 3.33. The van der Waals surface area contributed by atoms with Gasteiger partial charge in [-0.1, -0.05) is 0 Å². The predicted molar refractivity (Wildman–Crippen MR) is 86.8 cm³/mol. The molecule has 2 unspecified atom stereocenters. The van der Waals surface area contributed by atoms with Crippen LogP contribution in [0.25, 0.3) is 0 Å². The molecule has 1 aliphatic rings. The fraction of sp³-hybridized carbons (Fsp3) is 0.500. The average Bonchev–Trinajstić information content (AvgIpc) is 2.59. The van der Waals surface area contributed by atoms with Crippen molar-refractivity contribution in [3.8, 4) is 0 Å². The summed E-state index contributed by atoms with van der Waals surface area (Å²) in [6.07, 6.45) is 0.646. The summed E-state index contributed by atoms with van der Waals surface area (Å²) in [5, 5.41) is 10.6. The summed E-state index contributed by atoms with van der Waals surface area (Å²) in [5.41, 5.74) is 6.32. The molecule has 0 aromatic heterocycles. The second-order valence-electron chi connectivity index (χ2n) is 5.67. The number of hydrogen-bond acceptors (Lipinski definition) is 6. The summed E-state index contributed by atoms with van der Waals surface area (Å²) >= 11 is 0. The first-order valence-corrected chi connectivity index (χ1v) is 8.95. The Morgan fingerprint density at radius 1 is 1.42 bits per heavy atom. The second kappa shape index (κ2) is 8.23. The number of ether oxygens (including phenoxy) is 1. The van der Waals surface area contributed by atoms with Crippen LogP contribution in [0.1, 0.15) is 18.4 Å². The smallest absolute Gasteiger partial charge is 0.410 e. The first kappa shape index (κ1) is 18.4. The van der Waals surface area contributed by atoms with Crippen molar-refractivity contribution < 1.29 is 23.9 Å². The highest BCUT2D eigenvalue weighted by molar-refractivity contribution is 7.38. The average molecular weight is 357 g/mol. The largest absolute Gasteiger partial charge is 0.445 e. The van der Waals surface area contributed by atoms with Gasteiger partial charge in [0.25, 0.3) is 5.69 Å². The van der Waals surface area contributed by atoms with Crippen LogP contribution < -0.4 is 5.73 Å². The van der Waals surface area contributed by atoms with Crippen molar-refractivity contribution >= 4 is 19.8 Å². The molecule has 1 fully saturated rings. The van der Waals surface area contributed by atoms with E-state index in [-0.39, 0.29) is 18.2 Å². The number of amides is 1. The number of benzene rings is 1. The van der Waals surface area contributed by atoms with Crippen molar-refractivity contribution in [2.75, 3.05) is 13.1 Å². The number of nitro groups is 1. The highest BCUT2D eigenvalue weighted by Crippen LogP contribution is 2.31. The van der Waals surface area contributed by atoms with Crippen molar-refractivity contribution in [2.24, 2.45) is 11.7 Å². The summed E-state index contributed by atoms with van der Waals surface area (Å²) in [6.45, 7) is 0.875. The Hall–Kier alpha value is -1.96. The molecule has 0 spiro atoms. The Bertz CT molecular complexity index is 615.